The smallest absolute Gasteiger partial charge is 0.139 e. The summed E-state index contributed by atoms with van der Waals surface area (Å²) in [6, 6.07) is 0.288. The predicted octanol–water partition coefficient (Wildman–Crippen LogP) is 0.176. The van der Waals surface area contributed by atoms with Crippen LogP contribution in [0.1, 0.15) is 20.3 Å². The molecule has 0 aromatic heterocycles. The first kappa shape index (κ1) is 11.0. The Morgan fingerprint density at radius 2 is 2.31 bits per heavy atom. The van der Waals surface area contributed by atoms with Gasteiger partial charge in [0.25, 0.3) is 0 Å². The van der Waals surface area contributed by atoms with Crippen LogP contribution in [0.5, 0.6) is 0 Å². The molecule has 1 rings (SSSR count). The quantitative estimate of drug-likeness (QED) is 0.586. The van der Waals surface area contributed by atoms with Gasteiger partial charge in [-0.15, -0.1) is 0 Å². The van der Waals surface area contributed by atoms with Crippen molar-refractivity contribution in [1.82, 2.24) is 0 Å². The van der Waals surface area contributed by atoms with Crippen LogP contribution in [0.25, 0.3) is 0 Å². The van der Waals surface area contributed by atoms with Gasteiger partial charge in [-0.1, -0.05) is 0 Å². The van der Waals surface area contributed by atoms with E-state index in [1.54, 1.807) is 7.11 Å². The zero-order chi connectivity index (χ0) is 9.90. The number of hydrogen-bond acceptors (Lipinski definition) is 3. The Hall–Kier alpha value is -0.0551. The van der Waals surface area contributed by atoms with Crippen LogP contribution in [0.15, 0.2) is 0 Å². The highest BCUT2D eigenvalue weighted by Crippen LogP contribution is 2.26. The minimum atomic E-state index is -0.205. The molecule has 0 saturated carbocycles. The van der Waals surface area contributed by atoms with E-state index in [4.69, 9.17) is 14.2 Å². The Balaban J connectivity index is 2.41. The molecule has 3 nitrogen and oxygen atoms in total. The molecule has 0 radical (unpaired) electrons. The summed E-state index contributed by atoms with van der Waals surface area (Å²) in [5, 5.41) is 0. The molecule has 0 N–H and O–H groups in total. The molecule has 1 saturated heterocycles. The van der Waals surface area contributed by atoms with E-state index < -0.39 is 0 Å². The normalized spacial score (nSPS) is 34.3. The van der Waals surface area contributed by atoms with Gasteiger partial charge in [0, 0.05) is 13.1 Å². The maximum Gasteiger partial charge on any atom is 0.139 e. The first-order chi connectivity index (χ1) is 6.08. The fourth-order valence-corrected chi connectivity index (χ4v) is 1.56. The predicted molar refractivity (Wildman–Crippen MR) is 53.7 cm³/mol. The standard InChI is InChI=1S/C9H19BO3/c1-7(2)12-5-9(11-3)4-8(10)13-6-9/h7-8H,4-6,10H2,1-3H3. The molecule has 76 valence electrons. The van der Waals surface area contributed by atoms with Gasteiger partial charge in [0.1, 0.15) is 13.4 Å². The van der Waals surface area contributed by atoms with E-state index in [0.717, 1.165) is 6.42 Å². The van der Waals surface area contributed by atoms with Crippen LogP contribution in [0.3, 0.4) is 0 Å². The van der Waals surface area contributed by atoms with Crippen LogP contribution >= 0.6 is 0 Å². The van der Waals surface area contributed by atoms with Crippen LogP contribution in [-0.4, -0.2) is 45.9 Å². The highest BCUT2D eigenvalue weighted by Gasteiger charge is 2.39. The molecule has 1 fully saturated rings. The molecule has 4 heteroatoms. The van der Waals surface area contributed by atoms with Crippen molar-refractivity contribution in [2.24, 2.45) is 0 Å². The van der Waals surface area contributed by atoms with E-state index in [-0.39, 0.29) is 17.7 Å². The number of hydrogen-bond donors (Lipinski definition) is 0. The summed E-state index contributed by atoms with van der Waals surface area (Å²) in [6.07, 6.45) is 1.18. The summed E-state index contributed by atoms with van der Waals surface area (Å²) in [7, 11) is 3.79. The Morgan fingerprint density at radius 3 is 2.69 bits per heavy atom. The molecule has 0 spiro atoms. The zero-order valence-corrected chi connectivity index (χ0v) is 9.00. The Labute approximate surface area is 81.1 Å². The molecule has 2 atom stereocenters. The molecule has 2 unspecified atom stereocenters. The monoisotopic (exact) mass is 186 g/mol. The van der Waals surface area contributed by atoms with Crippen LogP contribution in [0.2, 0.25) is 0 Å². The largest absolute Gasteiger partial charge is 0.384 e. The molecule has 13 heavy (non-hydrogen) atoms. The molecule has 0 bridgehead atoms. The fourth-order valence-electron chi connectivity index (χ4n) is 1.56. The van der Waals surface area contributed by atoms with Crippen molar-refractivity contribution in [2.75, 3.05) is 20.3 Å². The lowest BCUT2D eigenvalue weighted by molar-refractivity contribution is -0.0898. The highest BCUT2D eigenvalue weighted by atomic mass is 16.6. The van der Waals surface area contributed by atoms with E-state index in [1.807, 2.05) is 13.8 Å². The second-order valence-corrected chi connectivity index (χ2v) is 4.07. The lowest BCUT2D eigenvalue weighted by Gasteiger charge is -2.26. The number of methoxy groups -OCH3 is 1. The fraction of sp³-hybridized carbons (Fsp3) is 1.00. The molecular weight excluding hydrogens is 167 g/mol. The summed E-state index contributed by atoms with van der Waals surface area (Å²) in [6.45, 7) is 5.34. The van der Waals surface area contributed by atoms with Gasteiger partial charge in [0.2, 0.25) is 0 Å². The van der Waals surface area contributed by atoms with Crippen molar-refractivity contribution in [3.05, 3.63) is 0 Å². The second kappa shape index (κ2) is 4.44. The van der Waals surface area contributed by atoms with Gasteiger partial charge in [-0.2, -0.15) is 0 Å². The number of ether oxygens (including phenoxy) is 3. The van der Waals surface area contributed by atoms with E-state index in [9.17, 15) is 0 Å². The summed E-state index contributed by atoms with van der Waals surface area (Å²) < 4.78 is 16.5. The van der Waals surface area contributed by atoms with Gasteiger partial charge < -0.3 is 14.2 Å². The van der Waals surface area contributed by atoms with Crippen molar-refractivity contribution < 1.29 is 14.2 Å². The van der Waals surface area contributed by atoms with Crippen molar-refractivity contribution in [1.29, 1.82) is 0 Å². The van der Waals surface area contributed by atoms with Gasteiger partial charge in [-0.3, -0.25) is 0 Å². The summed E-state index contributed by atoms with van der Waals surface area (Å²) in [5.41, 5.74) is -0.205. The van der Waals surface area contributed by atoms with Gasteiger partial charge in [-0.05, 0) is 20.3 Å². The molecule has 1 aliphatic rings. The Bertz CT molecular complexity index is 163. The zero-order valence-electron chi connectivity index (χ0n) is 9.00. The highest BCUT2D eigenvalue weighted by molar-refractivity contribution is 6.11. The molecule has 1 heterocycles. The molecule has 1 aliphatic heterocycles. The number of rotatable bonds is 4. The average molecular weight is 186 g/mol. The molecule has 0 amide bonds. The van der Waals surface area contributed by atoms with Crippen molar-refractivity contribution in [3.8, 4) is 0 Å². The van der Waals surface area contributed by atoms with E-state index in [0.29, 0.717) is 13.2 Å². The first-order valence-electron chi connectivity index (χ1n) is 4.86. The van der Waals surface area contributed by atoms with E-state index >= 15 is 0 Å². The topological polar surface area (TPSA) is 27.7 Å². The van der Waals surface area contributed by atoms with Gasteiger partial charge in [0.05, 0.1) is 19.3 Å². The van der Waals surface area contributed by atoms with Gasteiger partial charge in [-0.25, -0.2) is 0 Å². The SMILES string of the molecule is BC1CC(COC(C)C)(OC)CO1. The average Bonchev–Trinajstić information content (AvgIpc) is 2.45. The summed E-state index contributed by atoms with van der Waals surface area (Å²) in [5.74, 6) is 0. The van der Waals surface area contributed by atoms with Crippen molar-refractivity contribution in [3.63, 3.8) is 0 Å². The molecule has 0 aromatic rings. The molecular formula is C9H19BO3. The maximum atomic E-state index is 5.56. The maximum absolute atomic E-state index is 5.56. The summed E-state index contributed by atoms with van der Waals surface area (Å²) >= 11 is 0. The third kappa shape index (κ3) is 2.97. The minimum Gasteiger partial charge on any atom is -0.384 e. The minimum absolute atomic E-state index is 0.205. The van der Waals surface area contributed by atoms with E-state index in [2.05, 4.69) is 7.85 Å². The second-order valence-electron chi connectivity index (χ2n) is 4.07. The van der Waals surface area contributed by atoms with E-state index in [1.165, 1.54) is 0 Å². The molecule has 0 aromatic carbocycles. The third-order valence-corrected chi connectivity index (χ3v) is 2.40. The Kier molecular flexibility index (Phi) is 3.77. The first-order valence-corrected chi connectivity index (χ1v) is 4.86. The van der Waals surface area contributed by atoms with Gasteiger partial charge in [0.15, 0.2) is 0 Å². The molecule has 0 aliphatic carbocycles. The van der Waals surface area contributed by atoms with Crippen LogP contribution in [-0.2, 0) is 14.2 Å². The summed E-state index contributed by atoms with van der Waals surface area (Å²) in [4.78, 5) is 0. The van der Waals surface area contributed by atoms with Crippen LogP contribution in [0, 0.1) is 0 Å². The van der Waals surface area contributed by atoms with Crippen LogP contribution < -0.4 is 0 Å². The lowest BCUT2D eigenvalue weighted by Crippen LogP contribution is -2.38. The lowest BCUT2D eigenvalue weighted by atomic mass is 9.90. The van der Waals surface area contributed by atoms with Crippen molar-refractivity contribution in [2.45, 2.75) is 38.0 Å². The van der Waals surface area contributed by atoms with Crippen molar-refractivity contribution >= 4 is 7.85 Å². The van der Waals surface area contributed by atoms with Gasteiger partial charge >= 0.3 is 0 Å². The van der Waals surface area contributed by atoms with Crippen LogP contribution in [0.4, 0.5) is 0 Å². The Morgan fingerprint density at radius 1 is 1.62 bits per heavy atom. The third-order valence-electron chi connectivity index (χ3n) is 2.40.